The molecule has 0 bridgehead atoms. The minimum Gasteiger partial charge on any atom is -0.496 e. The molecule has 2 unspecified atom stereocenters. The molecule has 0 aromatic heterocycles. The molecular formula is C44H68NO2P3. The zero-order chi connectivity index (χ0) is 37.4. The summed E-state index contributed by atoms with van der Waals surface area (Å²) in [5, 5.41) is 3.45. The molecule has 1 fully saturated rings. The molecule has 0 N–H and O–H groups in total. The average Bonchev–Trinajstić information content (AvgIpc) is 3.41. The van der Waals surface area contributed by atoms with Crippen LogP contribution in [-0.4, -0.2) is 30.6 Å². The Morgan fingerprint density at radius 3 is 1.42 bits per heavy atom. The van der Waals surface area contributed by atoms with E-state index in [0.29, 0.717) is 11.1 Å². The third-order valence-corrected chi connectivity index (χ3v) is 17.5. The summed E-state index contributed by atoms with van der Waals surface area (Å²) in [5.41, 5.74) is 6.90. The SMILES string of the molecule is CCCCN(P(c1cc(C(C)(C)C)c(OC)c(C(C)(C)C)c1)c1cc(C(C)(C)C)c(OC)c(C(C)(C)C)c1)P1[C@@H](c2ccccc2)CC[C@@H]1P. The first-order valence-electron chi connectivity index (χ1n) is 18.8. The van der Waals surface area contributed by atoms with Gasteiger partial charge in [0.1, 0.15) is 11.5 Å². The summed E-state index contributed by atoms with van der Waals surface area (Å²) in [7, 11) is 5.61. The monoisotopic (exact) mass is 735 g/mol. The van der Waals surface area contributed by atoms with E-state index in [1.807, 2.05) is 14.2 Å². The van der Waals surface area contributed by atoms with Crippen molar-refractivity contribution in [3.8, 4) is 11.5 Å². The highest BCUT2D eigenvalue weighted by Crippen LogP contribution is 2.73. The highest BCUT2D eigenvalue weighted by atomic mass is 31.2. The molecule has 0 aliphatic carbocycles. The summed E-state index contributed by atoms with van der Waals surface area (Å²) in [6.07, 6.45) is 4.84. The minimum atomic E-state index is -0.931. The topological polar surface area (TPSA) is 21.7 Å². The van der Waals surface area contributed by atoms with Crippen LogP contribution < -0.4 is 20.1 Å². The van der Waals surface area contributed by atoms with E-state index < -0.39 is 16.1 Å². The molecule has 1 aliphatic rings. The van der Waals surface area contributed by atoms with Crippen LogP contribution in [0, 0.1) is 0 Å². The quantitative estimate of drug-likeness (QED) is 0.194. The van der Waals surface area contributed by atoms with Gasteiger partial charge in [-0.05, 0) is 89.4 Å². The lowest BCUT2D eigenvalue weighted by Crippen LogP contribution is -2.32. The smallest absolute Gasteiger partial charge is 0.126 e. The number of hydrogen-bond acceptors (Lipinski definition) is 3. The van der Waals surface area contributed by atoms with Crippen molar-refractivity contribution < 1.29 is 9.47 Å². The molecule has 3 aromatic rings. The normalized spacial score (nSPS) is 19.0. The van der Waals surface area contributed by atoms with Crippen molar-refractivity contribution in [3.63, 3.8) is 0 Å². The summed E-state index contributed by atoms with van der Waals surface area (Å²) >= 11 is 0. The fraction of sp³-hybridized carbons (Fsp3) is 0.591. The van der Waals surface area contributed by atoms with Gasteiger partial charge in [-0.1, -0.05) is 127 Å². The van der Waals surface area contributed by atoms with Crippen LogP contribution in [0.4, 0.5) is 0 Å². The number of nitrogens with zero attached hydrogens (tertiary/aromatic N) is 1. The van der Waals surface area contributed by atoms with Crippen LogP contribution in [0.15, 0.2) is 54.6 Å². The van der Waals surface area contributed by atoms with Crippen molar-refractivity contribution in [2.45, 2.75) is 148 Å². The molecule has 1 aliphatic heterocycles. The van der Waals surface area contributed by atoms with Gasteiger partial charge in [-0.15, -0.1) is 9.24 Å². The van der Waals surface area contributed by atoms with E-state index in [1.165, 1.54) is 64.1 Å². The van der Waals surface area contributed by atoms with E-state index in [-0.39, 0.29) is 21.7 Å². The molecular weight excluding hydrogens is 667 g/mol. The Labute approximate surface area is 311 Å². The lowest BCUT2D eigenvalue weighted by molar-refractivity contribution is 0.381. The fourth-order valence-corrected chi connectivity index (χ4v) is 16.2. The number of benzene rings is 3. The van der Waals surface area contributed by atoms with Gasteiger partial charge >= 0.3 is 0 Å². The van der Waals surface area contributed by atoms with E-state index >= 15 is 0 Å². The van der Waals surface area contributed by atoms with Crippen molar-refractivity contribution in [2.75, 3.05) is 20.8 Å². The molecule has 3 nitrogen and oxygen atoms in total. The number of methoxy groups -OCH3 is 2. The Morgan fingerprint density at radius 2 is 1.08 bits per heavy atom. The Morgan fingerprint density at radius 1 is 0.680 bits per heavy atom. The van der Waals surface area contributed by atoms with Crippen LogP contribution in [0.2, 0.25) is 0 Å². The molecule has 0 saturated carbocycles. The molecule has 0 radical (unpaired) electrons. The molecule has 4 rings (SSSR count). The maximum Gasteiger partial charge on any atom is 0.126 e. The molecule has 0 spiro atoms. The summed E-state index contributed by atoms with van der Waals surface area (Å²) in [4.78, 5) is 0. The molecule has 276 valence electrons. The van der Waals surface area contributed by atoms with Crippen LogP contribution in [-0.2, 0) is 21.7 Å². The van der Waals surface area contributed by atoms with Crippen molar-refractivity contribution in [1.82, 2.24) is 4.44 Å². The van der Waals surface area contributed by atoms with Gasteiger partial charge in [0.2, 0.25) is 0 Å². The lowest BCUT2D eigenvalue weighted by Gasteiger charge is -2.43. The molecule has 6 heteroatoms. The van der Waals surface area contributed by atoms with Crippen molar-refractivity contribution >= 4 is 36.0 Å². The number of ether oxygens (including phenoxy) is 2. The van der Waals surface area contributed by atoms with Crippen molar-refractivity contribution in [1.29, 1.82) is 0 Å². The lowest BCUT2D eigenvalue weighted by atomic mass is 9.79. The highest BCUT2D eigenvalue weighted by Gasteiger charge is 2.43. The number of hydrogen-bond donors (Lipinski definition) is 0. The zero-order valence-electron chi connectivity index (χ0n) is 34.1. The van der Waals surface area contributed by atoms with Gasteiger partial charge in [-0.2, -0.15) is 0 Å². The molecule has 3 aromatic carbocycles. The Kier molecular flexibility index (Phi) is 13.1. The van der Waals surface area contributed by atoms with Crippen LogP contribution in [0.5, 0.6) is 11.5 Å². The van der Waals surface area contributed by atoms with Crippen LogP contribution >= 0.6 is 25.4 Å². The zero-order valence-corrected chi connectivity index (χ0v) is 37.1. The van der Waals surface area contributed by atoms with E-state index in [1.54, 1.807) is 0 Å². The minimum absolute atomic E-state index is 0.0853. The third-order valence-electron chi connectivity index (χ3n) is 10.1. The Bertz CT molecular complexity index is 1440. The van der Waals surface area contributed by atoms with Gasteiger partial charge < -0.3 is 9.47 Å². The fourth-order valence-electron chi connectivity index (χ4n) is 7.32. The van der Waals surface area contributed by atoms with Gasteiger partial charge in [-0.25, -0.2) is 0 Å². The van der Waals surface area contributed by atoms with Crippen molar-refractivity contribution in [2.24, 2.45) is 0 Å². The molecule has 1 heterocycles. The second-order valence-corrected chi connectivity index (χ2v) is 24.7. The van der Waals surface area contributed by atoms with Gasteiger partial charge in [0.15, 0.2) is 0 Å². The number of rotatable bonds is 10. The second kappa shape index (κ2) is 15.9. The molecule has 1 saturated heterocycles. The van der Waals surface area contributed by atoms with Gasteiger partial charge in [0, 0.05) is 47.9 Å². The third kappa shape index (κ3) is 8.99. The average molecular weight is 736 g/mol. The van der Waals surface area contributed by atoms with Crippen LogP contribution in [0.1, 0.15) is 149 Å². The van der Waals surface area contributed by atoms with Gasteiger partial charge in [-0.3, -0.25) is 4.44 Å². The standard InChI is InChI=1S/C44H68NO2P3/c1-16-17-25-45(50-37(23-24-38(50)48)30-21-19-18-20-22-30)49(31-26-33(41(2,3)4)39(46-14)34(27-31)42(5,6)7)32-28-35(43(8,9)10)40(47-15)36(29-32)44(11,12)13/h18-22,26-29,37-38H,16-17,23-25,48H2,1-15H3/t37-,38-,50?/m1/s1. The Hall–Kier alpha value is -1.49. The maximum atomic E-state index is 6.32. The van der Waals surface area contributed by atoms with E-state index in [2.05, 4.69) is 158 Å². The predicted molar refractivity (Wildman–Crippen MR) is 227 cm³/mol. The van der Waals surface area contributed by atoms with Gasteiger partial charge in [0.25, 0.3) is 0 Å². The van der Waals surface area contributed by atoms with Crippen molar-refractivity contribution in [3.05, 3.63) is 82.4 Å². The predicted octanol–water partition coefficient (Wildman–Crippen LogP) is 12.5. The summed E-state index contributed by atoms with van der Waals surface area (Å²) in [6.45, 7) is 31.5. The highest BCUT2D eigenvalue weighted by molar-refractivity contribution is 7.81. The Balaban J connectivity index is 2.20. The number of unbranched alkanes of at least 4 members (excludes halogenated alkanes) is 1. The second-order valence-electron chi connectivity index (χ2n) is 18.4. The summed E-state index contributed by atoms with van der Waals surface area (Å²) in [6, 6.07) is 21.6. The molecule has 50 heavy (non-hydrogen) atoms. The molecule has 4 atom stereocenters. The summed E-state index contributed by atoms with van der Waals surface area (Å²) < 4.78 is 15.7. The van der Waals surface area contributed by atoms with Crippen LogP contribution in [0.3, 0.4) is 0 Å². The van der Waals surface area contributed by atoms with E-state index in [9.17, 15) is 0 Å². The largest absolute Gasteiger partial charge is 0.496 e. The first-order valence-corrected chi connectivity index (χ1v) is 22.2. The first kappa shape index (κ1) is 41.3. The van der Waals surface area contributed by atoms with E-state index in [4.69, 9.17) is 9.47 Å². The summed E-state index contributed by atoms with van der Waals surface area (Å²) in [5.74, 6) is 2.09. The first-order chi connectivity index (χ1) is 23.1. The van der Waals surface area contributed by atoms with Gasteiger partial charge in [0.05, 0.1) is 14.2 Å². The maximum absolute atomic E-state index is 6.32. The van der Waals surface area contributed by atoms with Crippen LogP contribution in [0.25, 0.3) is 0 Å². The molecule has 0 amide bonds. The van der Waals surface area contributed by atoms with E-state index in [0.717, 1.165) is 18.0 Å².